The average Bonchev–Trinajstić information content (AvgIpc) is 2.56. The molecule has 1 aromatic rings. The van der Waals surface area contributed by atoms with Gasteiger partial charge in [0.25, 0.3) is 0 Å². The van der Waals surface area contributed by atoms with Gasteiger partial charge in [-0.1, -0.05) is 5.75 Å². The molecule has 2 rings (SSSR count). The Morgan fingerprint density at radius 3 is 2.00 bits per heavy atom. The molecule has 33 heavy (non-hydrogen) atoms. The summed E-state index contributed by atoms with van der Waals surface area (Å²) in [7, 11) is -9.61. The van der Waals surface area contributed by atoms with Crippen LogP contribution in [-0.4, -0.2) is 85.7 Å². The predicted molar refractivity (Wildman–Crippen MR) is 93.1 cm³/mol. The van der Waals surface area contributed by atoms with Gasteiger partial charge in [0.2, 0.25) is 0 Å². The molecule has 16 nitrogen and oxygen atoms in total. The molecule has 0 aliphatic carbocycles. The van der Waals surface area contributed by atoms with E-state index in [2.05, 4.69) is 4.99 Å². The first-order chi connectivity index (χ1) is 12.9. The molecule has 201 valence electrons. The number of benzene rings is 1. The molecule has 0 saturated carbocycles. The second kappa shape index (κ2) is 19.3. The Balaban J connectivity index is -0.000000237. The van der Waals surface area contributed by atoms with E-state index < -0.39 is 25.3 Å². The van der Waals surface area contributed by atoms with Gasteiger partial charge >= 0.3 is 17.1 Å². The molecule has 0 aromatic heterocycles. The molecule has 0 spiro atoms. The first-order valence-electron chi connectivity index (χ1n) is 7.85. The van der Waals surface area contributed by atoms with E-state index in [9.17, 15) is 18.1 Å². The van der Waals surface area contributed by atoms with Crippen LogP contribution < -0.4 is 28.6 Å². The van der Waals surface area contributed by atoms with Crippen LogP contribution in [0, 0.1) is 10.2 Å². The minimum Gasteiger partial charge on any atom is -0.872 e. The summed E-state index contributed by atoms with van der Waals surface area (Å²) in [4.78, 5) is 4.48. The number of aliphatic imine (C=N–C) groups is 1. The number of nitrogens with one attached hydrogen (secondary N) is 1. The van der Waals surface area contributed by atoms with Crippen LogP contribution in [0.25, 0.3) is 0 Å². The first kappa shape index (κ1) is 42.2. The second-order valence-corrected chi connectivity index (χ2v) is 7.77. The van der Waals surface area contributed by atoms with Crippen LogP contribution in [0.1, 0.15) is 11.1 Å². The van der Waals surface area contributed by atoms with Crippen molar-refractivity contribution in [3.63, 3.8) is 0 Å². The summed E-state index contributed by atoms with van der Waals surface area (Å²) in [6.07, 6.45) is 1.20. The van der Waals surface area contributed by atoms with E-state index >= 15 is 0 Å². The number of rotatable bonds is 6. The van der Waals surface area contributed by atoms with Crippen molar-refractivity contribution in [3.05, 3.63) is 23.3 Å². The Morgan fingerprint density at radius 1 is 1.09 bits per heavy atom. The van der Waals surface area contributed by atoms with Crippen LogP contribution in [0.2, 0.25) is 0 Å². The van der Waals surface area contributed by atoms with Gasteiger partial charge in [-0.2, -0.15) is 0 Å². The van der Waals surface area contributed by atoms with Crippen molar-refractivity contribution in [2.75, 3.05) is 39.5 Å². The monoisotopic (exact) mass is 577 g/mol. The van der Waals surface area contributed by atoms with E-state index in [1.165, 1.54) is 6.21 Å². The largest absolute Gasteiger partial charge is 2.00 e. The number of ether oxygens (including phenoxy) is 1. The maximum Gasteiger partial charge on any atom is 2.00 e. The minimum absolute atomic E-state index is 0. The molecule has 0 atom stereocenters. The van der Waals surface area contributed by atoms with Crippen molar-refractivity contribution in [2.24, 2.45) is 4.99 Å². The van der Waals surface area contributed by atoms with Crippen molar-refractivity contribution in [1.82, 2.24) is 0 Å². The average molecular weight is 578 g/mol. The van der Waals surface area contributed by atoms with E-state index in [1.54, 1.807) is 0 Å². The maximum absolute atomic E-state index is 12.4. The fraction of sp³-hybridized carbons (Fsp3) is 0.500. The molecule has 0 bridgehead atoms. The van der Waals surface area contributed by atoms with Crippen molar-refractivity contribution in [2.45, 2.75) is 11.4 Å². The van der Waals surface area contributed by atoms with Gasteiger partial charge in [0, 0.05) is 11.8 Å². The van der Waals surface area contributed by atoms with Gasteiger partial charge in [0.05, 0.1) is 31.3 Å². The molecule has 1 fully saturated rings. The van der Waals surface area contributed by atoms with Gasteiger partial charge in [0.1, 0.15) is 29.8 Å². The fourth-order valence-corrected chi connectivity index (χ4v) is 2.94. The summed E-state index contributed by atoms with van der Waals surface area (Å²) in [6, 6.07) is 2.18. The Bertz CT molecular complexity index is 766. The number of hydrogen-bond acceptors (Lipinski definition) is 11. The zero-order valence-corrected chi connectivity index (χ0v) is 19.4. The van der Waals surface area contributed by atoms with Gasteiger partial charge < -0.3 is 46.3 Å². The molecular formula is C14H27ClCuN2O14S. The van der Waals surface area contributed by atoms with E-state index in [4.69, 9.17) is 28.5 Å². The SMILES string of the molecule is O.O.O.O.O=S(=O)([O-])c1cc(C=NCCO)c([O-])c(C[NH+]2CCOCC2)c1.[Cu+2].[O-][Cl+3]([O-])([O-])[O-]. The third kappa shape index (κ3) is 18.0. The van der Waals surface area contributed by atoms with Crippen LogP contribution in [0.3, 0.4) is 0 Å². The summed E-state index contributed by atoms with van der Waals surface area (Å²) in [6.45, 7) is 2.81. The Morgan fingerprint density at radius 2 is 1.58 bits per heavy atom. The number of aliphatic hydroxyl groups excluding tert-OH is 1. The molecular weight excluding hydrogens is 551 g/mol. The van der Waals surface area contributed by atoms with Gasteiger partial charge in [0.15, 0.2) is 0 Å². The smallest absolute Gasteiger partial charge is 0.872 e. The summed E-state index contributed by atoms with van der Waals surface area (Å²) < 4.78 is 73.1. The molecule has 1 aliphatic rings. The molecule has 0 unspecified atom stereocenters. The Kier molecular flexibility index (Phi) is 24.6. The zero-order chi connectivity index (χ0) is 21.4. The van der Waals surface area contributed by atoms with Crippen LogP contribution in [0.5, 0.6) is 5.75 Å². The van der Waals surface area contributed by atoms with Crippen molar-refractivity contribution >= 4 is 16.3 Å². The van der Waals surface area contributed by atoms with Gasteiger partial charge in [-0.3, -0.25) is 4.99 Å². The molecule has 0 amide bonds. The fourth-order valence-electron chi connectivity index (χ4n) is 2.38. The molecule has 1 radical (unpaired) electrons. The third-order valence-corrected chi connectivity index (χ3v) is 4.37. The minimum atomic E-state index is -4.94. The van der Waals surface area contributed by atoms with Gasteiger partial charge in [-0.25, -0.2) is 27.1 Å². The van der Waals surface area contributed by atoms with Crippen LogP contribution in [0.15, 0.2) is 22.0 Å². The van der Waals surface area contributed by atoms with Crippen molar-refractivity contribution in [1.29, 1.82) is 0 Å². The Hall–Kier alpha value is -1.03. The number of morpholine rings is 1. The van der Waals surface area contributed by atoms with Crippen molar-refractivity contribution in [3.8, 4) is 5.75 Å². The zero-order valence-electron chi connectivity index (χ0n) is 16.8. The van der Waals surface area contributed by atoms with E-state index in [-0.39, 0.29) is 69.0 Å². The number of hydrogen-bond donors (Lipinski definition) is 2. The number of aliphatic hydroxyl groups is 1. The Labute approximate surface area is 201 Å². The topological polar surface area (TPSA) is 345 Å². The maximum atomic E-state index is 12.4. The normalized spacial score (nSPS) is 13.6. The van der Waals surface area contributed by atoms with Crippen LogP contribution in [0.4, 0.5) is 0 Å². The standard InChI is InChI=1S/C14H20N2O6S.ClHO4.Cu.4H2O/c17-4-1-15-9-11-7-13(23(19,20)21)8-12(14(11)18)10-16-2-5-22-6-3-16;2-1(3,4)5;;;;;/h7-9,17-18H,1-6,10H2,(H,19,20,21);(H,2,3,4,5);;4*1H2/q;;+2;;;;/p-2. The molecule has 1 heterocycles. The van der Waals surface area contributed by atoms with Crippen molar-refractivity contribution < 1.29 is 101 Å². The molecule has 1 saturated heterocycles. The van der Waals surface area contributed by atoms with Gasteiger partial charge in [-0.15, -0.1) is 10.2 Å². The number of halogens is 1. The number of nitrogens with zero attached hydrogens (tertiary/aromatic N) is 1. The number of quaternary nitrogens is 1. The quantitative estimate of drug-likeness (QED) is 0.182. The van der Waals surface area contributed by atoms with E-state index in [0.29, 0.717) is 32.8 Å². The molecule has 1 aromatic carbocycles. The predicted octanol–water partition coefficient (Wildman–Crippen LogP) is -10.6. The second-order valence-electron chi connectivity index (χ2n) is 5.63. The summed E-state index contributed by atoms with van der Waals surface area (Å²) >= 11 is 0. The summed E-state index contributed by atoms with van der Waals surface area (Å²) in [5.74, 6) is -0.349. The third-order valence-electron chi connectivity index (χ3n) is 3.56. The molecule has 1 aliphatic heterocycles. The van der Waals surface area contributed by atoms with Crippen LogP contribution >= 0.6 is 0 Å². The first-order valence-corrected chi connectivity index (χ1v) is 10.5. The van der Waals surface area contributed by atoms with Crippen LogP contribution in [-0.2, 0) is 38.5 Å². The van der Waals surface area contributed by atoms with Gasteiger partial charge in [-0.05, 0) is 17.7 Å². The van der Waals surface area contributed by atoms with E-state index in [1.807, 2.05) is 0 Å². The summed E-state index contributed by atoms with van der Waals surface area (Å²) in [5, 5.41) is 21.1. The molecule has 19 heteroatoms. The van der Waals surface area contributed by atoms with E-state index in [0.717, 1.165) is 17.0 Å². The summed E-state index contributed by atoms with van der Waals surface area (Å²) in [5.41, 5.74) is 0.308. The molecule has 10 N–H and O–H groups in total.